The Balaban J connectivity index is 0.908. The number of aromatic amines is 1. The molecule has 2 aliphatic heterocycles. The molecule has 1 unspecified atom stereocenters. The van der Waals surface area contributed by atoms with E-state index >= 15 is 8.78 Å². The molecule has 4 aromatic rings. The molecule has 3 aromatic heterocycles. The quantitative estimate of drug-likeness (QED) is 0.0571. The monoisotopic (exact) mass is 860 g/mol. The summed E-state index contributed by atoms with van der Waals surface area (Å²) >= 11 is 1.29. The zero-order valence-corrected chi connectivity index (χ0v) is 37.4. The molecule has 0 amide bonds. The summed E-state index contributed by atoms with van der Waals surface area (Å²) in [6.45, 7) is 27.3. The number of nitrogens with one attached hydrogen (secondary N) is 3. The second-order valence-electron chi connectivity index (χ2n) is 17.2. The van der Waals surface area contributed by atoms with Crippen LogP contribution in [0.3, 0.4) is 0 Å². The third kappa shape index (κ3) is 10.4. The predicted molar refractivity (Wildman–Crippen MR) is 257 cm³/mol. The van der Waals surface area contributed by atoms with Gasteiger partial charge in [0.2, 0.25) is 0 Å². The smallest absolute Gasteiger partial charge is 0.153 e. The molecule has 5 heterocycles. The number of benzene rings is 1. The number of allylic oxidation sites excluding steroid dienone is 7. The first-order valence-corrected chi connectivity index (χ1v) is 22.5. The first kappa shape index (κ1) is 44.5. The number of hydrogen-bond acceptors (Lipinski definition) is 10. The van der Waals surface area contributed by atoms with Crippen molar-refractivity contribution in [2.24, 2.45) is 11.1 Å². The Morgan fingerprint density at radius 3 is 2.37 bits per heavy atom. The van der Waals surface area contributed by atoms with Crippen molar-refractivity contribution in [3.63, 3.8) is 0 Å². The van der Waals surface area contributed by atoms with E-state index in [-0.39, 0.29) is 35.4 Å². The summed E-state index contributed by atoms with van der Waals surface area (Å²) in [7, 11) is 1.91. The van der Waals surface area contributed by atoms with Gasteiger partial charge in [0.1, 0.15) is 17.3 Å². The van der Waals surface area contributed by atoms with Gasteiger partial charge in [-0.3, -0.25) is 0 Å². The van der Waals surface area contributed by atoms with Gasteiger partial charge in [-0.1, -0.05) is 39.7 Å². The summed E-state index contributed by atoms with van der Waals surface area (Å²) in [4.78, 5) is 20.0. The highest BCUT2D eigenvalue weighted by Crippen LogP contribution is 2.42. The molecule has 3 aliphatic rings. The van der Waals surface area contributed by atoms with Crippen molar-refractivity contribution in [1.82, 2.24) is 28.9 Å². The second-order valence-corrected chi connectivity index (χ2v) is 18.2. The molecular weight excluding hydrogens is 799 g/mol. The van der Waals surface area contributed by atoms with E-state index in [1.807, 2.05) is 36.6 Å². The van der Waals surface area contributed by atoms with E-state index in [0.29, 0.717) is 22.6 Å². The Labute approximate surface area is 370 Å². The van der Waals surface area contributed by atoms with Crippen molar-refractivity contribution in [3.8, 4) is 11.1 Å². The van der Waals surface area contributed by atoms with Gasteiger partial charge in [-0.25, -0.2) is 23.1 Å². The molecule has 0 saturated carbocycles. The van der Waals surface area contributed by atoms with Crippen LogP contribution in [0.5, 0.6) is 0 Å². The summed E-state index contributed by atoms with van der Waals surface area (Å²) in [6.07, 6.45) is 12.6. The van der Waals surface area contributed by atoms with Gasteiger partial charge in [-0.15, -0.1) is 6.58 Å². The lowest BCUT2D eigenvalue weighted by molar-refractivity contribution is 0.209. The fourth-order valence-corrected chi connectivity index (χ4v) is 9.12. The minimum atomic E-state index is -0.609. The number of halogens is 2. The van der Waals surface area contributed by atoms with Gasteiger partial charge in [0.25, 0.3) is 0 Å². The lowest BCUT2D eigenvalue weighted by Crippen LogP contribution is -2.47. The van der Waals surface area contributed by atoms with E-state index in [1.54, 1.807) is 12.4 Å². The number of aromatic nitrogens is 3. The molecule has 0 radical (unpaired) electrons. The highest BCUT2D eigenvalue weighted by atomic mass is 32.2. The molecule has 1 atom stereocenters. The van der Waals surface area contributed by atoms with E-state index in [9.17, 15) is 0 Å². The summed E-state index contributed by atoms with van der Waals surface area (Å²) in [5, 5.41) is 4.28. The molecule has 10 nitrogen and oxygen atoms in total. The number of anilines is 3. The number of rotatable bonds is 18. The van der Waals surface area contributed by atoms with Crippen LogP contribution >= 0.6 is 12.1 Å². The largest absolute Gasteiger partial charge is 0.403 e. The summed E-state index contributed by atoms with van der Waals surface area (Å²) < 4.78 is 36.0. The van der Waals surface area contributed by atoms with Crippen LogP contribution in [0.25, 0.3) is 27.7 Å². The van der Waals surface area contributed by atoms with E-state index < -0.39 is 11.7 Å². The Morgan fingerprint density at radius 2 is 1.71 bits per heavy atom. The molecule has 1 aliphatic carbocycles. The Morgan fingerprint density at radius 1 is 0.984 bits per heavy atom. The van der Waals surface area contributed by atoms with Gasteiger partial charge in [0, 0.05) is 134 Å². The predicted octanol–water partition coefficient (Wildman–Crippen LogP) is 10.5. The van der Waals surface area contributed by atoms with E-state index in [4.69, 9.17) is 10.7 Å². The molecule has 62 heavy (non-hydrogen) atoms. The van der Waals surface area contributed by atoms with Crippen molar-refractivity contribution in [2.45, 2.75) is 64.8 Å². The number of piperazine rings is 1. The van der Waals surface area contributed by atoms with Crippen LogP contribution in [0.15, 0.2) is 128 Å². The van der Waals surface area contributed by atoms with Gasteiger partial charge in [0.15, 0.2) is 5.83 Å². The molecular formula is C49H62F2N10S. The average molecular weight is 861 g/mol. The minimum absolute atomic E-state index is 0.0914. The van der Waals surface area contributed by atoms with Gasteiger partial charge in [-0.2, -0.15) is 0 Å². The van der Waals surface area contributed by atoms with Crippen molar-refractivity contribution in [2.75, 3.05) is 68.0 Å². The first-order chi connectivity index (χ1) is 29.8. The van der Waals surface area contributed by atoms with Crippen LogP contribution in [0.2, 0.25) is 0 Å². The van der Waals surface area contributed by atoms with E-state index in [1.165, 1.54) is 23.5 Å². The van der Waals surface area contributed by atoms with Crippen LogP contribution in [0.1, 0.15) is 64.4 Å². The molecule has 0 bridgehead atoms. The van der Waals surface area contributed by atoms with Crippen LogP contribution in [-0.4, -0.2) is 83.1 Å². The third-order valence-electron chi connectivity index (χ3n) is 12.7. The molecule has 13 heteroatoms. The minimum Gasteiger partial charge on any atom is -0.403 e. The van der Waals surface area contributed by atoms with Crippen molar-refractivity contribution >= 4 is 45.9 Å². The molecule has 1 aromatic carbocycles. The molecule has 5 N–H and O–H groups in total. The highest BCUT2D eigenvalue weighted by molar-refractivity contribution is 7.95. The van der Waals surface area contributed by atoms with Crippen molar-refractivity contribution < 1.29 is 8.78 Å². The Bertz CT molecular complexity index is 2320. The lowest BCUT2D eigenvalue weighted by Gasteiger charge is -2.44. The third-order valence-corrected chi connectivity index (χ3v) is 13.6. The second kappa shape index (κ2) is 19.7. The topological polar surface area (TPSA) is 105 Å². The zero-order chi connectivity index (χ0) is 44.0. The van der Waals surface area contributed by atoms with Gasteiger partial charge >= 0.3 is 0 Å². The number of hydrogen-bond donors (Lipinski definition) is 4. The van der Waals surface area contributed by atoms with Crippen LogP contribution in [0.4, 0.5) is 26.0 Å². The molecule has 328 valence electrons. The summed E-state index contributed by atoms with van der Waals surface area (Å²) in [5.74, 6) is -0.180. The van der Waals surface area contributed by atoms with Gasteiger partial charge in [-0.05, 0) is 99.0 Å². The number of nitrogens with zero attached hydrogens (tertiary/aromatic N) is 6. The van der Waals surface area contributed by atoms with E-state index in [0.717, 1.165) is 106 Å². The zero-order valence-electron chi connectivity index (χ0n) is 36.6. The van der Waals surface area contributed by atoms with Gasteiger partial charge < -0.3 is 35.5 Å². The molecule has 7 rings (SSSR count). The maximum Gasteiger partial charge on any atom is 0.153 e. The Kier molecular flexibility index (Phi) is 14.1. The SMILES string of the molecule is C=CC(CCC(=C)N)Nc1ccc(N2CCC(C)(CC(=C)N3CCN(c4ccc(-c5cnc6[nH]cc(C(=C)C7=C(F)CCC(NSN(C)CC)=C7F)c6c5)cn4)CC3)CC2)cc1. The maximum atomic E-state index is 15.8. The highest BCUT2D eigenvalue weighted by Gasteiger charge is 2.33. The number of H-pyrrole nitrogens is 1. The van der Waals surface area contributed by atoms with E-state index in [2.05, 4.69) is 104 Å². The van der Waals surface area contributed by atoms with Crippen LogP contribution in [-0.2, 0) is 0 Å². The molecule has 0 spiro atoms. The van der Waals surface area contributed by atoms with Crippen molar-refractivity contribution in [1.29, 1.82) is 0 Å². The summed E-state index contributed by atoms with van der Waals surface area (Å²) in [5.41, 5.74) is 13.8. The number of fused-ring (bicyclic) bond motifs is 1. The molecule has 2 saturated heterocycles. The number of nitrogens with two attached hydrogens (primary N) is 1. The van der Waals surface area contributed by atoms with Gasteiger partial charge in [0.05, 0.1) is 11.3 Å². The maximum absolute atomic E-state index is 15.8. The fraction of sp³-hybridized carbons (Fsp3) is 0.388. The Hall–Kier alpha value is -5.53. The van der Waals surface area contributed by atoms with Crippen molar-refractivity contribution in [3.05, 3.63) is 133 Å². The first-order valence-electron chi connectivity index (χ1n) is 21.7. The van der Waals surface area contributed by atoms with Crippen LogP contribution < -0.4 is 25.6 Å². The standard InChI is InChI=1S/C49H62F2N10S/c1-8-38(12-10-33(3)52)56-39-13-15-40(16-14-39)60-22-20-49(6,21-23-60)29-34(4)59-24-26-61(27-25-59)45-19-11-36(30-53-45)37-28-41-42(32-55-48(41)54-31-37)35(5)46-43(50)17-18-44(47(46)51)57-62-58(7)9-2/h8,11,13-16,19,28,30-32,38,56-57H,1,3-5,9-10,12,17-18,20-27,29,52H2,2,6-7H3,(H,54,55). The molecule has 2 fully saturated rings. The number of pyridine rings is 2. The summed E-state index contributed by atoms with van der Waals surface area (Å²) in [6, 6.07) is 15.0. The average Bonchev–Trinajstić information content (AvgIpc) is 3.71. The fourth-order valence-electron chi connectivity index (χ4n) is 8.53. The van der Waals surface area contributed by atoms with Crippen LogP contribution in [0, 0.1) is 5.41 Å². The lowest BCUT2D eigenvalue weighted by atomic mass is 9.76. The normalized spacial score (nSPS) is 17.4. The number of piperidine rings is 1.